The first kappa shape index (κ1) is 34.9. The van der Waals surface area contributed by atoms with Crippen molar-refractivity contribution < 1.29 is 28.7 Å². The smallest absolute Gasteiger partial charge is 0.407 e. The van der Waals surface area contributed by atoms with Gasteiger partial charge in [-0.2, -0.15) is 0 Å². The summed E-state index contributed by atoms with van der Waals surface area (Å²) < 4.78 is 10.6. The Labute approximate surface area is 277 Å². The van der Waals surface area contributed by atoms with Crippen molar-refractivity contribution in [3.63, 3.8) is 0 Å². The zero-order valence-electron chi connectivity index (χ0n) is 27.7. The molecular weight excluding hydrogens is 594 g/mol. The molecule has 0 heterocycles. The molecule has 0 bridgehead atoms. The van der Waals surface area contributed by atoms with E-state index in [1.165, 1.54) is 7.11 Å². The highest BCUT2D eigenvalue weighted by molar-refractivity contribution is 5.91. The molecule has 47 heavy (non-hydrogen) atoms. The van der Waals surface area contributed by atoms with Gasteiger partial charge in [-0.25, -0.2) is 4.79 Å². The molecular formula is C38H45N3O6. The maximum atomic E-state index is 13.5. The maximum absolute atomic E-state index is 13.5. The van der Waals surface area contributed by atoms with Gasteiger partial charge in [0.2, 0.25) is 11.8 Å². The van der Waals surface area contributed by atoms with Crippen LogP contribution in [0, 0.1) is 11.8 Å². The SMILES string of the molecule is COC(=O)[C@@H](C=C[C@H](C)NC(=O)[C@H](C)NC(=O)[C@H](Cc1ccccc1)NC(=O)OCC1c2ccccc2-c2ccccc21)CC(C)C. The first-order valence-corrected chi connectivity index (χ1v) is 16.1. The summed E-state index contributed by atoms with van der Waals surface area (Å²) >= 11 is 0. The number of fused-ring (bicyclic) bond motifs is 3. The Morgan fingerprint density at radius 1 is 0.745 bits per heavy atom. The number of carbonyl (C=O) groups excluding carboxylic acids is 4. The summed E-state index contributed by atoms with van der Waals surface area (Å²) in [5.41, 5.74) is 5.25. The number of carbonyl (C=O) groups is 4. The summed E-state index contributed by atoms with van der Waals surface area (Å²) in [5.74, 6) is -1.51. The molecule has 1 aliphatic rings. The lowest BCUT2D eigenvalue weighted by molar-refractivity contribution is -0.144. The van der Waals surface area contributed by atoms with E-state index in [0.29, 0.717) is 6.42 Å². The standard InChI is InChI=1S/C38H45N3O6/c1-24(2)21-28(37(44)46-5)20-19-25(3)39-35(42)26(4)40-36(43)34(22-27-13-7-6-8-14-27)41-38(45)47-23-33-31-17-11-9-15-29(31)30-16-10-12-18-32(30)33/h6-20,24-26,28,33-34H,21-23H2,1-5H3,(H,39,42)(H,40,43)(H,41,45)/t25-,26-,28-,34-/m0/s1. The summed E-state index contributed by atoms with van der Waals surface area (Å²) in [5, 5.41) is 8.30. The van der Waals surface area contributed by atoms with Crippen molar-refractivity contribution in [3.05, 3.63) is 108 Å². The number of benzene rings is 3. The Hall–Kier alpha value is -4.92. The van der Waals surface area contributed by atoms with Crippen LogP contribution < -0.4 is 16.0 Å². The van der Waals surface area contributed by atoms with Gasteiger partial charge in [0.05, 0.1) is 13.0 Å². The number of nitrogens with one attached hydrogen (secondary N) is 3. The largest absolute Gasteiger partial charge is 0.469 e. The molecule has 3 aromatic rings. The highest BCUT2D eigenvalue weighted by Gasteiger charge is 2.30. The fourth-order valence-corrected chi connectivity index (χ4v) is 5.83. The number of alkyl carbamates (subject to hydrolysis) is 1. The lowest BCUT2D eigenvalue weighted by Gasteiger charge is -2.22. The number of ether oxygens (including phenoxy) is 2. The molecule has 4 rings (SSSR count). The Balaban J connectivity index is 1.37. The Bertz CT molecular complexity index is 1520. The average Bonchev–Trinajstić information content (AvgIpc) is 3.38. The molecule has 0 aromatic heterocycles. The van der Waals surface area contributed by atoms with Gasteiger partial charge in [0, 0.05) is 18.4 Å². The van der Waals surface area contributed by atoms with E-state index in [-0.39, 0.29) is 30.8 Å². The van der Waals surface area contributed by atoms with Gasteiger partial charge in [-0.15, -0.1) is 0 Å². The molecule has 0 spiro atoms. The van der Waals surface area contributed by atoms with Gasteiger partial charge >= 0.3 is 12.1 Å². The maximum Gasteiger partial charge on any atom is 0.407 e. The van der Waals surface area contributed by atoms with Crippen molar-refractivity contribution in [1.82, 2.24) is 16.0 Å². The van der Waals surface area contributed by atoms with Crippen molar-refractivity contribution in [2.45, 2.75) is 64.6 Å². The third-order valence-corrected chi connectivity index (χ3v) is 8.22. The van der Waals surface area contributed by atoms with Crippen molar-refractivity contribution in [1.29, 1.82) is 0 Å². The van der Waals surface area contributed by atoms with E-state index in [9.17, 15) is 19.2 Å². The summed E-state index contributed by atoms with van der Waals surface area (Å²) in [6, 6.07) is 23.2. The molecule has 0 saturated carbocycles. The lowest BCUT2D eigenvalue weighted by Crippen LogP contribution is -2.54. The van der Waals surface area contributed by atoms with Crippen molar-refractivity contribution in [2.75, 3.05) is 13.7 Å². The monoisotopic (exact) mass is 639 g/mol. The number of esters is 1. The second-order valence-corrected chi connectivity index (χ2v) is 12.4. The summed E-state index contributed by atoms with van der Waals surface area (Å²) in [6.07, 6.45) is 3.59. The molecule has 1 aliphatic carbocycles. The second-order valence-electron chi connectivity index (χ2n) is 12.4. The predicted octanol–water partition coefficient (Wildman–Crippen LogP) is 5.54. The van der Waals surface area contributed by atoms with Gasteiger partial charge in [-0.1, -0.05) is 105 Å². The second kappa shape index (κ2) is 16.6. The molecule has 0 aliphatic heterocycles. The molecule has 0 unspecified atom stereocenters. The summed E-state index contributed by atoms with van der Waals surface area (Å²) in [4.78, 5) is 51.7. The van der Waals surface area contributed by atoms with Crippen LogP contribution in [-0.2, 0) is 30.3 Å². The van der Waals surface area contributed by atoms with Gasteiger partial charge < -0.3 is 25.4 Å². The van der Waals surface area contributed by atoms with Crippen LogP contribution in [0.5, 0.6) is 0 Å². The van der Waals surface area contributed by atoms with Crippen LogP contribution in [0.25, 0.3) is 11.1 Å². The van der Waals surface area contributed by atoms with Crippen LogP contribution in [0.15, 0.2) is 91.0 Å². The van der Waals surface area contributed by atoms with E-state index in [2.05, 4.69) is 28.1 Å². The molecule has 9 nitrogen and oxygen atoms in total. The molecule has 248 valence electrons. The Morgan fingerprint density at radius 3 is 1.94 bits per heavy atom. The molecule has 0 saturated heterocycles. The van der Waals surface area contributed by atoms with Crippen LogP contribution in [0.3, 0.4) is 0 Å². The quantitative estimate of drug-likeness (QED) is 0.157. The van der Waals surface area contributed by atoms with Crippen LogP contribution in [0.2, 0.25) is 0 Å². The van der Waals surface area contributed by atoms with E-state index >= 15 is 0 Å². The third-order valence-electron chi connectivity index (χ3n) is 8.22. The summed E-state index contributed by atoms with van der Waals surface area (Å²) in [7, 11) is 1.35. The van der Waals surface area contributed by atoms with Gasteiger partial charge in [0.1, 0.15) is 18.7 Å². The van der Waals surface area contributed by atoms with Crippen LogP contribution >= 0.6 is 0 Å². The zero-order chi connectivity index (χ0) is 33.9. The Kier molecular flexibility index (Phi) is 12.3. The van der Waals surface area contributed by atoms with Gasteiger partial charge in [-0.05, 0) is 54.0 Å². The molecule has 3 amide bonds. The number of amides is 3. The van der Waals surface area contributed by atoms with E-state index in [4.69, 9.17) is 9.47 Å². The van der Waals surface area contributed by atoms with Crippen LogP contribution in [-0.4, -0.2) is 55.7 Å². The lowest BCUT2D eigenvalue weighted by atomic mass is 9.96. The minimum absolute atomic E-state index is 0.109. The van der Waals surface area contributed by atoms with Crippen molar-refractivity contribution in [2.24, 2.45) is 11.8 Å². The number of rotatable bonds is 14. The summed E-state index contributed by atoms with van der Waals surface area (Å²) in [6.45, 7) is 7.51. The van der Waals surface area contributed by atoms with E-state index in [1.807, 2.05) is 80.6 Å². The number of methoxy groups -OCH3 is 1. The first-order valence-electron chi connectivity index (χ1n) is 16.1. The normalized spacial score (nSPS) is 14.8. The predicted molar refractivity (Wildman–Crippen MR) is 181 cm³/mol. The van der Waals surface area contributed by atoms with Crippen LogP contribution in [0.4, 0.5) is 4.79 Å². The third kappa shape index (κ3) is 9.54. The molecule has 0 fully saturated rings. The van der Waals surface area contributed by atoms with Crippen molar-refractivity contribution in [3.8, 4) is 11.1 Å². The van der Waals surface area contributed by atoms with Gasteiger partial charge in [0.25, 0.3) is 0 Å². The fourth-order valence-electron chi connectivity index (χ4n) is 5.83. The van der Waals surface area contributed by atoms with E-state index < -0.39 is 42.0 Å². The Morgan fingerprint density at radius 2 is 1.34 bits per heavy atom. The molecule has 3 aromatic carbocycles. The van der Waals surface area contributed by atoms with Crippen molar-refractivity contribution >= 4 is 23.9 Å². The van der Waals surface area contributed by atoms with E-state index in [0.717, 1.165) is 27.8 Å². The minimum atomic E-state index is -0.988. The topological polar surface area (TPSA) is 123 Å². The zero-order valence-corrected chi connectivity index (χ0v) is 27.7. The van der Waals surface area contributed by atoms with Gasteiger partial charge in [0.15, 0.2) is 0 Å². The number of hydrogen-bond donors (Lipinski definition) is 3. The fraction of sp³-hybridized carbons (Fsp3) is 0.368. The molecule has 9 heteroatoms. The average molecular weight is 640 g/mol. The minimum Gasteiger partial charge on any atom is -0.469 e. The van der Waals surface area contributed by atoms with Crippen LogP contribution in [0.1, 0.15) is 56.7 Å². The molecule has 3 N–H and O–H groups in total. The highest BCUT2D eigenvalue weighted by Crippen LogP contribution is 2.44. The number of hydrogen-bond acceptors (Lipinski definition) is 6. The highest BCUT2D eigenvalue weighted by atomic mass is 16.5. The molecule has 4 atom stereocenters. The van der Waals surface area contributed by atoms with Gasteiger partial charge in [-0.3, -0.25) is 14.4 Å². The first-order chi connectivity index (χ1) is 22.6. The van der Waals surface area contributed by atoms with E-state index in [1.54, 1.807) is 26.0 Å². The molecule has 0 radical (unpaired) electrons.